The fourth-order valence-corrected chi connectivity index (χ4v) is 5.01. The second-order valence-electron chi connectivity index (χ2n) is 8.18. The average molecular weight is 410 g/mol. The molecule has 3 rings (SSSR count). The maximum Gasteiger partial charge on any atom is 0.161 e. The molecular formula is C23H36FNO4. The molecule has 0 bridgehead atoms. The van der Waals surface area contributed by atoms with Gasteiger partial charge in [0.25, 0.3) is 0 Å². The summed E-state index contributed by atoms with van der Waals surface area (Å²) in [6, 6.07) is 4.29. The first kappa shape index (κ1) is 22.3. The normalized spacial score (nSPS) is 26.7. The van der Waals surface area contributed by atoms with E-state index in [9.17, 15) is 9.50 Å². The zero-order chi connectivity index (χ0) is 20.9. The smallest absolute Gasteiger partial charge is 0.161 e. The van der Waals surface area contributed by atoms with Crippen molar-refractivity contribution < 1.29 is 23.7 Å². The number of fused-ring (bicyclic) bond motifs is 3. The highest BCUT2D eigenvalue weighted by Crippen LogP contribution is 2.47. The summed E-state index contributed by atoms with van der Waals surface area (Å²) in [7, 11) is 1.67. The molecule has 29 heavy (non-hydrogen) atoms. The maximum atomic E-state index is 13.0. The molecule has 2 aliphatic rings. The summed E-state index contributed by atoms with van der Waals surface area (Å²) < 4.78 is 29.9. The Morgan fingerprint density at radius 1 is 1.24 bits per heavy atom. The van der Waals surface area contributed by atoms with Crippen molar-refractivity contribution in [3.8, 4) is 11.5 Å². The summed E-state index contributed by atoms with van der Waals surface area (Å²) in [6.45, 7) is 7.22. The van der Waals surface area contributed by atoms with Gasteiger partial charge in [0.2, 0.25) is 0 Å². The van der Waals surface area contributed by atoms with Crippen LogP contribution in [0.1, 0.15) is 56.7 Å². The minimum absolute atomic E-state index is 0.100. The lowest BCUT2D eigenvalue weighted by Crippen LogP contribution is -2.55. The minimum atomic E-state index is -0.870. The first-order valence-corrected chi connectivity index (χ1v) is 11.0. The fourth-order valence-electron chi connectivity index (χ4n) is 5.01. The van der Waals surface area contributed by atoms with Crippen LogP contribution in [0.4, 0.5) is 4.39 Å². The van der Waals surface area contributed by atoms with Gasteiger partial charge in [-0.05, 0) is 69.2 Å². The maximum absolute atomic E-state index is 13.0. The summed E-state index contributed by atoms with van der Waals surface area (Å²) in [4.78, 5) is 2.48. The van der Waals surface area contributed by atoms with E-state index in [0.29, 0.717) is 39.1 Å². The molecule has 2 aliphatic heterocycles. The average Bonchev–Trinajstić information content (AvgIpc) is 2.73. The predicted octanol–water partition coefficient (Wildman–Crippen LogP) is 3.92. The molecule has 2 heterocycles. The van der Waals surface area contributed by atoms with Crippen LogP contribution in [0.15, 0.2) is 12.1 Å². The molecule has 164 valence electrons. The van der Waals surface area contributed by atoms with Crippen molar-refractivity contribution in [2.24, 2.45) is 5.92 Å². The summed E-state index contributed by atoms with van der Waals surface area (Å²) in [5, 5.41) is 11.6. The molecule has 0 aliphatic carbocycles. The van der Waals surface area contributed by atoms with E-state index in [4.69, 9.17) is 14.2 Å². The van der Waals surface area contributed by atoms with E-state index in [1.165, 1.54) is 11.1 Å². The number of alkyl halides is 1. The highest BCUT2D eigenvalue weighted by molar-refractivity contribution is 5.49. The summed E-state index contributed by atoms with van der Waals surface area (Å²) in [5.74, 6) is 1.61. The molecule has 0 saturated carbocycles. The zero-order valence-electron chi connectivity index (χ0n) is 18.1. The van der Waals surface area contributed by atoms with Crippen LogP contribution in [0.5, 0.6) is 11.5 Å². The molecule has 0 unspecified atom stereocenters. The molecule has 0 amide bonds. The first-order valence-electron chi connectivity index (χ1n) is 11.0. The number of ether oxygens (including phenoxy) is 3. The molecule has 1 aromatic carbocycles. The van der Waals surface area contributed by atoms with Gasteiger partial charge in [0.05, 0.1) is 26.0 Å². The van der Waals surface area contributed by atoms with Crippen LogP contribution < -0.4 is 9.47 Å². The van der Waals surface area contributed by atoms with Gasteiger partial charge < -0.3 is 19.3 Å². The standard InChI is InChI=1S/C23H36FNO4/c1-4-28-12-8-18-16-25-11-7-17-13-21(27-3)22(29-5-2)14-19(17)20(25)15-23(18,26)9-6-10-24/h13-14,18,20,26H,4-12,15-16H2,1-3H3/t18-,20-,23-/m1/s1. The number of methoxy groups -OCH3 is 1. The van der Waals surface area contributed by atoms with Gasteiger partial charge in [-0.1, -0.05) is 0 Å². The van der Waals surface area contributed by atoms with Crippen molar-refractivity contribution in [3.05, 3.63) is 23.3 Å². The number of rotatable bonds is 10. The lowest BCUT2D eigenvalue weighted by molar-refractivity contribution is -0.111. The van der Waals surface area contributed by atoms with E-state index in [1.807, 2.05) is 13.8 Å². The van der Waals surface area contributed by atoms with Gasteiger partial charge in [0.1, 0.15) is 0 Å². The third kappa shape index (κ3) is 4.86. The van der Waals surface area contributed by atoms with E-state index in [2.05, 4.69) is 17.0 Å². The SMILES string of the molecule is CCOCC[C@@H]1CN2CCc3cc(OC)c(OCC)cc3[C@H]2C[C@]1(O)CCCF. The van der Waals surface area contributed by atoms with E-state index in [1.54, 1.807) is 7.11 Å². The quantitative estimate of drug-likeness (QED) is 0.594. The van der Waals surface area contributed by atoms with Crippen molar-refractivity contribution in [2.75, 3.05) is 46.7 Å². The van der Waals surface area contributed by atoms with E-state index < -0.39 is 12.3 Å². The largest absolute Gasteiger partial charge is 0.493 e. The Bertz CT molecular complexity index is 671. The number of benzene rings is 1. The number of nitrogens with zero attached hydrogens (tertiary/aromatic N) is 1. The van der Waals surface area contributed by atoms with Crippen LogP contribution in [0.25, 0.3) is 0 Å². The Kier molecular flexibility index (Phi) is 7.77. The number of halogens is 1. The molecule has 5 nitrogen and oxygen atoms in total. The van der Waals surface area contributed by atoms with Crippen LogP contribution in [0, 0.1) is 5.92 Å². The number of piperidine rings is 1. The van der Waals surface area contributed by atoms with Gasteiger partial charge in [0, 0.05) is 38.3 Å². The number of aliphatic hydroxyl groups is 1. The number of hydrogen-bond donors (Lipinski definition) is 1. The summed E-state index contributed by atoms with van der Waals surface area (Å²) >= 11 is 0. The highest BCUT2D eigenvalue weighted by atomic mass is 19.1. The predicted molar refractivity (Wildman–Crippen MR) is 112 cm³/mol. The third-order valence-corrected chi connectivity index (χ3v) is 6.51. The van der Waals surface area contributed by atoms with Crippen molar-refractivity contribution in [2.45, 2.75) is 57.6 Å². The van der Waals surface area contributed by atoms with Gasteiger partial charge >= 0.3 is 0 Å². The van der Waals surface area contributed by atoms with Crippen molar-refractivity contribution in [1.82, 2.24) is 4.90 Å². The van der Waals surface area contributed by atoms with Gasteiger partial charge in [-0.15, -0.1) is 0 Å². The lowest BCUT2D eigenvalue weighted by atomic mass is 9.70. The topological polar surface area (TPSA) is 51.2 Å². The van der Waals surface area contributed by atoms with Crippen LogP contribution in [-0.2, 0) is 11.2 Å². The van der Waals surface area contributed by atoms with Gasteiger partial charge in [-0.2, -0.15) is 0 Å². The second-order valence-corrected chi connectivity index (χ2v) is 8.18. The number of hydrogen-bond acceptors (Lipinski definition) is 5. The Morgan fingerprint density at radius 2 is 2.07 bits per heavy atom. The van der Waals surface area contributed by atoms with Gasteiger partial charge in [-0.25, -0.2) is 0 Å². The van der Waals surface area contributed by atoms with E-state index in [-0.39, 0.29) is 12.0 Å². The summed E-state index contributed by atoms with van der Waals surface area (Å²) in [5.41, 5.74) is 1.60. The zero-order valence-corrected chi connectivity index (χ0v) is 18.1. The van der Waals surface area contributed by atoms with Crippen LogP contribution in [0.2, 0.25) is 0 Å². The van der Waals surface area contributed by atoms with E-state index >= 15 is 0 Å². The molecule has 3 atom stereocenters. The molecular weight excluding hydrogens is 373 g/mol. The molecule has 6 heteroatoms. The Morgan fingerprint density at radius 3 is 2.76 bits per heavy atom. The molecule has 1 saturated heterocycles. The van der Waals surface area contributed by atoms with Crippen molar-refractivity contribution in [1.29, 1.82) is 0 Å². The lowest BCUT2D eigenvalue weighted by Gasteiger charge is -2.51. The molecule has 1 N–H and O–H groups in total. The monoisotopic (exact) mass is 409 g/mol. The molecule has 1 aromatic rings. The van der Waals surface area contributed by atoms with Gasteiger partial charge in [0.15, 0.2) is 11.5 Å². The Balaban J connectivity index is 1.88. The van der Waals surface area contributed by atoms with Crippen molar-refractivity contribution in [3.63, 3.8) is 0 Å². The fraction of sp³-hybridized carbons (Fsp3) is 0.739. The summed E-state index contributed by atoms with van der Waals surface area (Å²) in [6.07, 6.45) is 3.27. The van der Waals surface area contributed by atoms with Crippen LogP contribution in [0.3, 0.4) is 0 Å². The second kappa shape index (κ2) is 10.1. The van der Waals surface area contributed by atoms with Crippen molar-refractivity contribution >= 4 is 0 Å². The van der Waals surface area contributed by atoms with Crippen LogP contribution in [-0.4, -0.2) is 62.3 Å². The Labute approximate surface area is 174 Å². The Hall–Kier alpha value is -1.37. The first-order chi connectivity index (χ1) is 14.1. The van der Waals surface area contributed by atoms with Gasteiger partial charge in [-0.3, -0.25) is 9.29 Å². The third-order valence-electron chi connectivity index (χ3n) is 6.51. The van der Waals surface area contributed by atoms with Crippen LogP contribution >= 0.6 is 0 Å². The highest BCUT2D eigenvalue weighted by Gasteiger charge is 2.47. The van der Waals surface area contributed by atoms with E-state index in [0.717, 1.165) is 37.4 Å². The molecule has 1 fully saturated rings. The molecule has 0 spiro atoms. The molecule has 0 aromatic heterocycles. The minimum Gasteiger partial charge on any atom is -0.493 e. The molecule has 0 radical (unpaired) electrons.